The van der Waals surface area contributed by atoms with Crippen LogP contribution < -0.4 is 10.1 Å². The van der Waals surface area contributed by atoms with Crippen LogP contribution >= 0.6 is 11.6 Å². The van der Waals surface area contributed by atoms with Crippen molar-refractivity contribution in [1.82, 2.24) is 20.1 Å². The van der Waals surface area contributed by atoms with Gasteiger partial charge in [-0.05, 0) is 17.2 Å². The van der Waals surface area contributed by atoms with Crippen molar-refractivity contribution in [1.29, 1.82) is 0 Å². The normalized spacial score (nSPS) is 15.1. The number of hydrogen-bond acceptors (Lipinski definition) is 5. The number of halogens is 4. The Morgan fingerprint density at radius 3 is 2.24 bits per heavy atom. The van der Waals surface area contributed by atoms with Gasteiger partial charge in [0.25, 0.3) is 5.91 Å². The monoisotopic (exact) mass is 546 g/mol. The molecule has 1 aliphatic rings. The second-order valence-corrected chi connectivity index (χ2v) is 9.17. The highest BCUT2D eigenvalue weighted by molar-refractivity contribution is 6.32. The van der Waals surface area contributed by atoms with E-state index in [1.807, 2.05) is 65.6 Å². The first kappa shape index (κ1) is 27.4. The maximum Gasteiger partial charge on any atom is 0.422 e. The van der Waals surface area contributed by atoms with Crippen LogP contribution in [0.2, 0.25) is 5.02 Å². The van der Waals surface area contributed by atoms with Gasteiger partial charge < -0.3 is 15.0 Å². The van der Waals surface area contributed by atoms with Gasteiger partial charge in [-0.2, -0.15) is 13.2 Å². The van der Waals surface area contributed by atoms with E-state index in [4.69, 9.17) is 11.6 Å². The molecule has 2 heterocycles. The number of piperazine rings is 1. The molecule has 1 atom stereocenters. The average molecular weight is 547 g/mol. The molecule has 2 aromatic carbocycles. The van der Waals surface area contributed by atoms with E-state index in [2.05, 4.69) is 15.0 Å². The Morgan fingerprint density at radius 1 is 1.00 bits per heavy atom. The van der Waals surface area contributed by atoms with Crippen LogP contribution in [0.1, 0.15) is 27.5 Å². The molecule has 0 saturated carbocycles. The van der Waals surface area contributed by atoms with Gasteiger partial charge in [0.1, 0.15) is 11.1 Å². The molecule has 200 valence electrons. The summed E-state index contributed by atoms with van der Waals surface area (Å²) in [4.78, 5) is 33.7. The predicted molar refractivity (Wildman–Crippen MR) is 136 cm³/mol. The van der Waals surface area contributed by atoms with E-state index in [-0.39, 0.29) is 22.4 Å². The molecular formula is C27H26ClF3N4O3. The van der Waals surface area contributed by atoms with Crippen molar-refractivity contribution < 1.29 is 27.5 Å². The van der Waals surface area contributed by atoms with Crippen LogP contribution in [0.25, 0.3) is 0 Å². The topological polar surface area (TPSA) is 74.8 Å². The lowest BCUT2D eigenvalue weighted by molar-refractivity contribution is -0.154. The summed E-state index contributed by atoms with van der Waals surface area (Å²) in [7, 11) is 0. The molecule has 1 N–H and O–H groups in total. The molecule has 2 amide bonds. The minimum Gasteiger partial charge on any atom is -0.467 e. The molecule has 0 aliphatic carbocycles. The van der Waals surface area contributed by atoms with Crippen molar-refractivity contribution >= 4 is 23.4 Å². The number of carbonyl (C=O) groups excluding carboxylic acids is 2. The van der Waals surface area contributed by atoms with Crippen LogP contribution in [0.3, 0.4) is 0 Å². The van der Waals surface area contributed by atoms with Gasteiger partial charge in [0, 0.05) is 38.9 Å². The molecule has 0 radical (unpaired) electrons. The SMILES string of the molecule is O=C(NCc1ccccc1)[C@H](c1ccccc1)N1CCN(C(=O)c2cnc(OCC(F)(F)F)c(Cl)c2)CC1. The highest BCUT2D eigenvalue weighted by Crippen LogP contribution is 2.27. The fourth-order valence-corrected chi connectivity index (χ4v) is 4.43. The highest BCUT2D eigenvalue weighted by atomic mass is 35.5. The summed E-state index contributed by atoms with van der Waals surface area (Å²) < 4.78 is 41.8. The van der Waals surface area contributed by atoms with E-state index in [1.165, 1.54) is 6.07 Å². The standard InChI is InChI=1S/C27H26ClF3N4O3/c28-22-15-21(17-33-25(22)38-18-27(29,30)31)26(37)35-13-11-34(12-14-35)23(20-9-5-2-6-10-20)24(36)32-16-19-7-3-1-4-8-19/h1-10,15,17,23H,11-14,16,18H2,(H,32,36)/t23-/m0/s1. The molecule has 1 fully saturated rings. The maximum atomic E-state index is 13.3. The first-order valence-electron chi connectivity index (χ1n) is 12.0. The summed E-state index contributed by atoms with van der Waals surface area (Å²) in [6, 6.07) is 19.8. The minimum atomic E-state index is -4.53. The number of benzene rings is 2. The summed E-state index contributed by atoms with van der Waals surface area (Å²) >= 11 is 6.00. The number of nitrogens with one attached hydrogen (secondary N) is 1. The molecule has 1 aromatic heterocycles. The Bertz CT molecular complexity index is 1240. The Kier molecular flexibility index (Phi) is 8.85. The molecule has 11 heteroatoms. The van der Waals surface area contributed by atoms with Gasteiger partial charge in [0.2, 0.25) is 11.8 Å². The fourth-order valence-electron chi connectivity index (χ4n) is 4.21. The van der Waals surface area contributed by atoms with Crippen LogP contribution in [0.5, 0.6) is 5.88 Å². The van der Waals surface area contributed by atoms with Gasteiger partial charge in [-0.1, -0.05) is 72.3 Å². The number of amides is 2. The van der Waals surface area contributed by atoms with Crippen LogP contribution in [0.4, 0.5) is 13.2 Å². The van der Waals surface area contributed by atoms with Gasteiger partial charge >= 0.3 is 6.18 Å². The molecule has 7 nitrogen and oxygen atoms in total. The fraction of sp³-hybridized carbons (Fsp3) is 0.296. The third-order valence-corrected chi connectivity index (χ3v) is 6.34. The Labute approximate surface area is 223 Å². The molecule has 3 aromatic rings. The number of aromatic nitrogens is 1. The molecule has 1 saturated heterocycles. The molecule has 0 bridgehead atoms. The van der Waals surface area contributed by atoms with Crippen LogP contribution in [0, 0.1) is 0 Å². The highest BCUT2D eigenvalue weighted by Gasteiger charge is 2.32. The summed E-state index contributed by atoms with van der Waals surface area (Å²) in [6.07, 6.45) is -3.38. The van der Waals surface area contributed by atoms with E-state index in [1.54, 1.807) is 4.90 Å². The number of nitrogens with zero attached hydrogens (tertiary/aromatic N) is 3. The summed E-state index contributed by atoms with van der Waals surface area (Å²) in [5.41, 5.74) is 1.98. The van der Waals surface area contributed by atoms with E-state index >= 15 is 0 Å². The molecule has 38 heavy (non-hydrogen) atoms. The van der Waals surface area contributed by atoms with Crippen molar-refractivity contribution in [3.8, 4) is 5.88 Å². The largest absolute Gasteiger partial charge is 0.467 e. The number of carbonyl (C=O) groups is 2. The van der Waals surface area contributed by atoms with Crippen LogP contribution in [-0.2, 0) is 11.3 Å². The van der Waals surface area contributed by atoms with E-state index in [0.29, 0.717) is 32.7 Å². The van der Waals surface area contributed by atoms with E-state index in [0.717, 1.165) is 17.3 Å². The first-order valence-corrected chi connectivity index (χ1v) is 12.3. The lowest BCUT2D eigenvalue weighted by Crippen LogP contribution is -2.52. The second kappa shape index (κ2) is 12.3. The average Bonchev–Trinajstić information content (AvgIpc) is 2.92. The predicted octanol–water partition coefficient (Wildman–Crippen LogP) is 4.49. The van der Waals surface area contributed by atoms with Crippen molar-refractivity contribution in [2.45, 2.75) is 18.8 Å². The van der Waals surface area contributed by atoms with Crippen molar-refractivity contribution in [3.05, 3.63) is 94.6 Å². The third kappa shape index (κ3) is 7.23. The minimum absolute atomic E-state index is 0.134. The zero-order valence-corrected chi connectivity index (χ0v) is 21.1. The Hall–Kier alpha value is -3.63. The number of hydrogen-bond donors (Lipinski definition) is 1. The zero-order valence-electron chi connectivity index (χ0n) is 20.3. The van der Waals surface area contributed by atoms with Crippen molar-refractivity contribution in [2.24, 2.45) is 0 Å². The smallest absolute Gasteiger partial charge is 0.422 e. The third-order valence-electron chi connectivity index (χ3n) is 6.07. The van der Waals surface area contributed by atoms with E-state index in [9.17, 15) is 22.8 Å². The lowest BCUT2D eigenvalue weighted by Gasteiger charge is -2.38. The number of alkyl halides is 3. The number of rotatable bonds is 8. The molecule has 0 spiro atoms. The summed E-state index contributed by atoms with van der Waals surface area (Å²) in [6.45, 7) is 0.445. The van der Waals surface area contributed by atoms with Gasteiger partial charge in [-0.3, -0.25) is 14.5 Å². The van der Waals surface area contributed by atoms with Crippen LogP contribution in [-0.4, -0.2) is 65.6 Å². The van der Waals surface area contributed by atoms with Crippen molar-refractivity contribution in [2.75, 3.05) is 32.8 Å². The number of ether oxygens (including phenoxy) is 1. The molecular weight excluding hydrogens is 521 g/mol. The maximum absolute atomic E-state index is 13.3. The van der Waals surface area contributed by atoms with E-state index < -0.39 is 24.7 Å². The van der Waals surface area contributed by atoms with Gasteiger partial charge in [0.05, 0.1) is 5.56 Å². The quantitative estimate of drug-likeness (QED) is 0.451. The summed E-state index contributed by atoms with van der Waals surface area (Å²) in [5.74, 6) is -0.881. The summed E-state index contributed by atoms with van der Waals surface area (Å²) in [5, 5.41) is 2.84. The second-order valence-electron chi connectivity index (χ2n) is 8.76. The number of pyridine rings is 1. The molecule has 1 aliphatic heterocycles. The van der Waals surface area contributed by atoms with Gasteiger partial charge in [0.15, 0.2) is 6.61 Å². The zero-order chi connectivity index (χ0) is 27.1. The molecule has 0 unspecified atom stereocenters. The lowest BCUT2D eigenvalue weighted by atomic mass is 10.0. The van der Waals surface area contributed by atoms with Gasteiger partial charge in [-0.15, -0.1) is 0 Å². The first-order chi connectivity index (χ1) is 18.2. The van der Waals surface area contributed by atoms with Crippen LogP contribution in [0.15, 0.2) is 72.9 Å². The Balaban J connectivity index is 1.40. The molecule has 4 rings (SSSR count). The van der Waals surface area contributed by atoms with Crippen molar-refractivity contribution in [3.63, 3.8) is 0 Å². The van der Waals surface area contributed by atoms with Gasteiger partial charge in [-0.25, -0.2) is 4.98 Å². The Morgan fingerprint density at radius 2 is 1.63 bits per heavy atom.